The van der Waals surface area contributed by atoms with Gasteiger partial charge in [0.1, 0.15) is 0 Å². The van der Waals surface area contributed by atoms with Gasteiger partial charge in [0.2, 0.25) is 0 Å². The molecule has 148 valence electrons. The van der Waals surface area contributed by atoms with Crippen LogP contribution in [0, 0.1) is 0 Å². The molecule has 0 aromatic heterocycles. The molecule has 4 nitrogen and oxygen atoms in total. The van der Waals surface area contributed by atoms with Crippen molar-refractivity contribution in [1.29, 1.82) is 0 Å². The third-order valence-corrected chi connectivity index (χ3v) is 4.53. The van der Waals surface area contributed by atoms with E-state index in [1.54, 1.807) is 0 Å². The first-order valence-electron chi connectivity index (χ1n) is 10.5. The molecule has 0 spiro atoms. The van der Waals surface area contributed by atoms with Gasteiger partial charge in [-0.05, 0) is 19.3 Å². The van der Waals surface area contributed by atoms with Crippen LogP contribution in [-0.2, 0) is 14.3 Å². The van der Waals surface area contributed by atoms with Crippen molar-refractivity contribution < 1.29 is 19.4 Å². The summed E-state index contributed by atoms with van der Waals surface area (Å²) in [5, 5.41) is 8.53. The number of aliphatic carboxylic acids is 1. The van der Waals surface area contributed by atoms with Crippen LogP contribution in [0.2, 0.25) is 0 Å². The molecule has 0 radical (unpaired) electrons. The van der Waals surface area contributed by atoms with Crippen molar-refractivity contribution in [2.24, 2.45) is 0 Å². The van der Waals surface area contributed by atoms with Crippen LogP contribution in [0.5, 0.6) is 0 Å². The van der Waals surface area contributed by atoms with Crippen LogP contribution >= 0.6 is 0 Å². The SMILES string of the molecule is CCCCCCCCCCCOC(=O)CCCCCCCCC(=O)O. The Morgan fingerprint density at radius 2 is 1.08 bits per heavy atom. The second-order valence-corrected chi connectivity index (χ2v) is 7.06. The van der Waals surface area contributed by atoms with Crippen LogP contribution in [0.4, 0.5) is 0 Å². The predicted octanol–water partition coefficient (Wildman–Crippen LogP) is 6.27. The zero-order chi connectivity index (χ0) is 18.6. The Bertz CT molecular complexity index is 315. The molecule has 0 heterocycles. The molecule has 0 saturated heterocycles. The van der Waals surface area contributed by atoms with Crippen molar-refractivity contribution >= 4 is 11.9 Å². The standard InChI is InChI=1S/C21H40O4/c1-2-3-4-5-6-7-10-13-16-19-25-21(24)18-15-12-9-8-11-14-17-20(22)23/h2-19H2,1H3,(H,22,23). The molecule has 0 unspecified atom stereocenters. The summed E-state index contributed by atoms with van der Waals surface area (Å²) in [4.78, 5) is 22.0. The predicted molar refractivity (Wildman–Crippen MR) is 103 cm³/mol. The van der Waals surface area contributed by atoms with E-state index in [0.717, 1.165) is 51.4 Å². The number of carbonyl (C=O) groups excluding carboxylic acids is 1. The molecule has 0 fully saturated rings. The zero-order valence-electron chi connectivity index (χ0n) is 16.4. The van der Waals surface area contributed by atoms with E-state index in [1.807, 2.05) is 0 Å². The molecule has 0 aliphatic rings. The molecule has 0 aliphatic heterocycles. The Kier molecular flexibility index (Phi) is 18.5. The van der Waals surface area contributed by atoms with Gasteiger partial charge < -0.3 is 9.84 Å². The first-order chi connectivity index (χ1) is 12.2. The minimum Gasteiger partial charge on any atom is -0.481 e. The van der Waals surface area contributed by atoms with Crippen LogP contribution in [-0.4, -0.2) is 23.7 Å². The number of ether oxygens (including phenoxy) is 1. The van der Waals surface area contributed by atoms with Crippen LogP contribution in [0.15, 0.2) is 0 Å². The lowest BCUT2D eigenvalue weighted by Crippen LogP contribution is -2.05. The first-order valence-corrected chi connectivity index (χ1v) is 10.5. The molecule has 0 atom stereocenters. The highest BCUT2D eigenvalue weighted by Crippen LogP contribution is 2.11. The maximum atomic E-state index is 11.6. The molecule has 4 heteroatoms. The largest absolute Gasteiger partial charge is 0.481 e. The van der Waals surface area contributed by atoms with Crippen molar-refractivity contribution in [2.75, 3.05) is 6.61 Å². The van der Waals surface area contributed by atoms with Crippen molar-refractivity contribution in [3.8, 4) is 0 Å². The fourth-order valence-corrected chi connectivity index (χ4v) is 2.92. The fraction of sp³-hybridized carbons (Fsp3) is 0.905. The molecule has 25 heavy (non-hydrogen) atoms. The van der Waals surface area contributed by atoms with Crippen LogP contribution in [0.1, 0.15) is 116 Å². The van der Waals surface area contributed by atoms with Gasteiger partial charge in [0.25, 0.3) is 0 Å². The Morgan fingerprint density at radius 3 is 1.60 bits per heavy atom. The fourth-order valence-electron chi connectivity index (χ4n) is 2.92. The summed E-state index contributed by atoms with van der Waals surface area (Å²) in [6.45, 7) is 2.82. The minimum atomic E-state index is -0.713. The van der Waals surface area contributed by atoms with Crippen molar-refractivity contribution in [3.63, 3.8) is 0 Å². The molecule has 0 aromatic carbocycles. The van der Waals surface area contributed by atoms with Crippen LogP contribution < -0.4 is 0 Å². The molecule has 1 N–H and O–H groups in total. The van der Waals surface area contributed by atoms with Crippen molar-refractivity contribution in [1.82, 2.24) is 0 Å². The van der Waals surface area contributed by atoms with Gasteiger partial charge in [-0.25, -0.2) is 0 Å². The highest BCUT2D eigenvalue weighted by molar-refractivity contribution is 5.69. The van der Waals surface area contributed by atoms with E-state index in [0.29, 0.717) is 13.0 Å². The van der Waals surface area contributed by atoms with E-state index >= 15 is 0 Å². The minimum absolute atomic E-state index is 0.0644. The summed E-state index contributed by atoms with van der Waals surface area (Å²) in [7, 11) is 0. The van der Waals surface area contributed by atoms with Gasteiger partial charge in [-0.3, -0.25) is 9.59 Å². The van der Waals surface area contributed by atoms with E-state index in [-0.39, 0.29) is 12.4 Å². The van der Waals surface area contributed by atoms with Gasteiger partial charge in [-0.2, -0.15) is 0 Å². The van der Waals surface area contributed by atoms with Gasteiger partial charge in [-0.15, -0.1) is 0 Å². The van der Waals surface area contributed by atoms with E-state index in [1.165, 1.54) is 44.9 Å². The van der Waals surface area contributed by atoms with Gasteiger partial charge >= 0.3 is 11.9 Å². The quantitative estimate of drug-likeness (QED) is 0.219. The summed E-state index contributed by atoms with van der Waals surface area (Å²) in [5.41, 5.74) is 0. The van der Waals surface area contributed by atoms with E-state index < -0.39 is 5.97 Å². The topological polar surface area (TPSA) is 63.6 Å². The number of hydrogen-bond donors (Lipinski definition) is 1. The number of unbranched alkanes of at least 4 members (excludes halogenated alkanes) is 13. The molecular weight excluding hydrogens is 316 g/mol. The Hall–Kier alpha value is -1.06. The molecular formula is C21H40O4. The first kappa shape index (κ1) is 23.9. The molecule has 0 aliphatic carbocycles. The van der Waals surface area contributed by atoms with Crippen molar-refractivity contribution in [2.45, 2.75) is 116 Å². The van der Waals surface area contributed by atoms with Gasteiger partial charge in [-0.1, -0.05) is 84.0 Å². The summed E-state index contributed by atoms with van der Waals surface area (Å²) in [6.07, 6.45) is 18.0. The van der Waals surface area contributed by atoms with E-state index in [2.05, 4.69) is 6.92 Å². The Morgan fingerprint density at radius 1 is 0.640 bits per heavy atom. The van der Waals surface area contributed by atoms with Gasteiger partial charge in [0.15, 0.2) is 0 Å². The van der Waals surface area contributed by atoms with Crippen LogP contribution in [0.25, 0.3) is 0 Å². The number of carboxylic acid groups (broad SMARTS) is 1. The van der Waals surface area contributed by atoms with E-state index in [4.69, 9.17) is 9.84 Å². The molecule has 0 amide bonds. The number of rotatable bonds is 19. The zero-order valence-corrected chi connectivity index (χ0v) is 16.4. The van der Waals surface area contributed by atoms with Gasteiger partial charge in [0, 0.05) is 12.8 Å². The van der Waals surface area contributed by atoms with Crippen molar-refractivity contribution in [3.05, 3.63) is 0 Å². The lowest BCUT2D eigenvalue weighted by atomic mass is 10.1. The lowest BCUT2D eigenvalue weighted by molar-refractivity contribution is -0.144. The maximum Gasteiger partial charge on any atom is 0.305 e. The second-order valence-electron chi connectivity index (χ2n) is 7.06. The number of hydrogen-bond acceptors (Lipinski definition) is 3. The number of carbonyl (C=O) groups is 2. The highest BCUT2D eigenvalue weighted by atomic mass is 16.5. The van der Waals surface area contributed by atoms with Gasteiger partial charge in [0.05, 0.1) is 6.61 Å². The normalized spacial score (nSPS) is 10.8. The van der Waals surface area contributed by atoms with E-state index in [9.17, 15) is 9.59 Å². The summed E-state index contributed by atoms with van der Waals surface area (Å²) < 4.78 is 5.27. The Labute approximate surface area is 154 Å². The monoisotopic (exact) mass is 356 g/mol. The molecule has 0 aromatic rings. The smallest absolute Gasteiger partial charge is 0.305 e. The van der Waals surface area contributed by atoms with Crippen LogP contribution in [0.3, 0.4) is 0 Å². The molecule has 0 bridgehead atoms. The maximum absolute atomic E-state index is 11.6. The average Bonchev–Trinajstić information content (AvgIpc) is 2.58. The molecule has 0 rings (SSSR count). The summed E-state index contributed by atoms with van der Waals surface area (Å²) in [5.74, 6) is -0.778. The second kappa shape index (κ2) is 19.3. The third kappa shape index (κ3) is 20.9. The molecule has 0 saturated carbocycles. The number of carboxylic acids is 1. The summed E-state index contributed by atoms with van der Waals surface area (Å²) >= 11 is 0. The average molecular weight is 357 g/mol. The lowest BCUT2D eigenvalue weighted by Gasteiger charge is -2.05. The number of esters is 1. The third-order valence-electron chi connectivity index (χ3n) is 4.53. The highest BCUT2D eigenvalue weighted by Gasteiger charge is 2.03. The summed E-state index contributed by atoms with van der Waals surface area (Å²) in [6, 6.07) is 0. The Balaban J connectivity index is 3.17.